The molecular weight excluding hydrogens is 451 g/mol. The molecule has 12 heteroatoms. The average molecular weight is 473 g/mol. The summed E-state index contributed by atoms with van der Waals surface area (Å²) < 4.78 is 45.9. The fourth-order valence-corrected chi connectivity index (χ4v) is 3.92. The summed E-state index contributed by atoms with van der Waals surface area (Å²) in [7, 11) is -4.32. The number of ether oxygens (including phenoxy) is 1. The van der Waals surface area contributed by atoms with E-state index in [1.165, 1.54) is 41.1 Å². The van der Waals surface area contributed by atoms with Gasteiger partial charge in [-0.1, -0.05) is 17.3 Å². The molecule has 3 rings (SSSR count). The number of hydrogen-bond donors (Lipinski definition) is 0. The largest absolute Gasteiger partial charge is 0.443 e. The van der Waals surface area contributed by atoms with Crippen molar-refractivity contribution < 1.29 is 22.3 Å². The first kappa shape index (κ1) is 23.8. The van der Waals surface area contributed by atoms with E-state index < -0.39 is 34.1 Å². The lowest BCUT2D eigenvalue weighted by Gasteiger charge is -2.25. The third kappa shape index (κ3) is 5.89. The van der Waals surface area contributed by atoms with Crippen molar-refractivity contribution in [2.75, 3.05) is 6.54 Å². The van der Waals surface area contributed by atoms with Gasteiger partial charge in [0, 0.05) is 5.56 Å². The number of amides is 1. The molecule has 0 saturated carbocycles. The number of benzene rings is 1. The lowest BCUT2D eigenvalue weighted by Crippen LogP contribution is -2.41. The second-order valence-corrected chi connectivity index (χ2v) is 9.81. The maximum absolute atomic E-state index is 13.0. The van der Waals surface area contributed by atoms with Crippen LogP contribution in [0.15, 0.2) is 53.7 Å². The van der Waals surface area contributed by atoms with Crippen LogP contribution in [0.2, 0.25) is 0 Å². The molecule has 0 aliphatic heterocycles. The molecule has 0 unspecified atom stereocenters. The second kappa shape index (κ2) is 9.33. The van der Waals surface area contributed by atoms with Gasteiger partial charge in [0.25, 0.3) is 10.0 Å². The van der Waals surface area contributed by atoms with Crippen LogP contribution in [0.4, 0.5) is 9.18 Å². The molecule has 1 aromatic carbocycles. The number of pyridine rings is 1. The average Bonchev–Trinajstić information content (AvgIpc) is 3.21. The molecule has 0 spiro atoms. The summed E-state index contributed by atoms with van der Waals surface area (Å²) in [4.78, 5) is 16.1. The standard InChI is InChI=1S/C21H21FN6O4S/c1-21(2,3)32-20(29)28(11-10-23)33(30,31)18-8-4-15(5-9-18)19-14-27(26-25-19)13-17-7-6-16(22)12-24-17/h4-9,12,14H,11,13H2,1-3H3. The lowest BCUT2D eigenvalue weighted by molar-refractivity contribution is 0.0406. The van der Waals surface area contributed by atoms with E-state index in [4.69, 9.17) is 10.00 Å². The zero-order chi connectivity index (χ0) is 24.2. The van der Waals surface area contributed by atoms with E-state index in [1.807, 2.05) is 0 Å². The van der Waals surface area contributed by atoms with Crippen molar-refractivity contribution in [3.63, 3.8) is 0 Å². The Morgan fingerprint density at radius 3 is 2.48 bits per heavy atom. The van der Waals surface area contributed by atoms with E-state index in [2.05, 4.69) is 15.3 Å². The molecule has 0 N–H and O–H groups in total. The van der Waals surface area contributed by atoms with Gasteiger partial charge >= 0.3 is 6.09 Å². The van der Waals surface area contributed by atoms with Gasteiger partial charge in [0.1, 0.15) is 23.7 Å². The third-order valence-electron chi connectivity index (χ3n) is 4.20. The molecule has 0 atom stereocenters. The van der Waals surface area contributed by atoms with Crippen LogP contribution in [0.5, 0.6) is 0 Å². The molecule has 1 amide bonds. The highest BCUT2D eigenvalue weighted by molar-refractivity contribution is 7.89. The molecule has 33 heavy (non-hydrogen) atoms. The van der Waals surface area contributed by atoms with Crippen LogP contribution in [0.3, 0.4) is 0 Å². The van der Waals surface area contributed by atoms with Gasteiger partial charge in [0.15, 0.2) is 0 Å². The number of halogens is 1. The molecule has 0 radical (unpaired) electrons. The minimum Gasteiger partial charge on any atom is -0.443 e. The van der Waals surface area contributed by atoms with Crippen molar-refractivity contribution in [1.29, 1.82) is 5.26 Å². The fourth-order valence-electron chi connectivity index (χ4n) is 2.72. The fraction of sp³-hybridized carbons (Fsp3) is 0.286. The van der Waals surface area contributed by atoms with Gasteiger partial charge < -0.3 is 4.74 Å². The Labute approximate surface area is 190 Å². The first-order valence-electron chi connectivity index (χ1n) is 9.73. The third-order valence-corrected chi connectivity index (χ3v) is 5.93. The number of aromatic nitrogens is 4. The number of sulfonamides is 1. The van der Waals surface area contributed by atoms with Crippen molar-refractivity contribution in [1.82, 2.24) is 24.3 Å². The summed E-state index contributed by atoms with van der Waals surface area (Å²) in [6, 6.07) is 10.1. The molecule has 172 valence electrons. The Kier molecular flexibility index (Phi) is 6.73. The van der Waals surface area contributed by atoms with E-state index in [-0.39, 0.29) is 11.4 Å². The van der Waals surface area contributed by atoms with Crippen LogP contribution >= 0.6 is 0 Å². The van der Waals surface area contributed by atoms with Gasteiger partial charge in [0.2, 0.25) is 0 Å². The molecule has 3 aromatic rings. The first-order valence-corrected chi connectivity index (χ1v) is 11.2. The van der Waals surface area contributed by atoms with E-state index in [0.717, 1.165) is 6.20 Å². The topological polar surface area (TPSA) is 131 Å². The Morgan fingerprint density at radius 1 is 1.21 bits per heavy atom. The predicted octanol–water partition coefficient (Wildman–Crippen LogP) is 2.98. The second-order valence-electron chi connectivity index (χ2n) is 7.94. The van der Waals surface area contributed by atoms with Gasteiger partial charge in [-0.2, -0.15) is 9.57 Å². The molecule has 0 bridgehead atoms. The SMILES string of the molecule is CC(C)(C)OC(=O)N(CC#N)S(=O)(=O)c1ccc(-c2cn(Cc3ccc(F)cn3)nn2)cc1. The van der Waals surface area contributed by atoms with Gasteiger partial charge in [0.05, 0.1) is 35.6 Å². The normalized spacial score (nSPS) is 11.6. The van der Waals surface area contributed by atoms with Crippen molar-refractivity contribution in [3.8, 4) is 17.3 Å². The summed E-state index contributed by atoms with van der Waals surface area (Å²) in [5.41, 5.74) is 0.715. The zero-order valence-electron chi connectivity index (χ0n) is 18.1. The zero-order valence-corrected chi connectivity index (χ0v) is 19.0. The Hall–Kier alpha value is -3.85. The maximum Gasteiger partial charge on any atom is 0.425 e. The number of hydrogen-bond acceptors (Lipinski definition) is 8. The van der Waals surface area contributed by atoms with Crippen LogP contribution in [0, 0.1) is 17.1 Å². The van der Waals surface area contributed by atoms with Gasteiger partial charge in [-0.15, -0.1) is 5.10 Å². The number of nitriles is 1. The molecule has 10 nitrogen and oxygen atoms in total. The van der Waals surface area contributed by atoms with Crippen LogP contribution in [0.25, 0.3) is 11.3 Å². The highest BCUT2D eigenvalue weighted by Crippen LogP contribution is 2.23. The number of carbonyl (C=O) groups is 1. The lowest BCUT2D eigenvalue weighted by atomic mass is 10.2. The van der Waals surface area contributed by atoms with Crippen molar-refractivity contribution in [2.24, 2.45) is 0 Å². The first-order chi connectivity index (χ1) is 15.5. The summed E-state index contributed by atoms with van der Waals surface area (Å²) in [5.74, 6) is -0.437. The molecule has 0 aliphatic rings. The number of rotatable bonds is 6. The van der Waals surface area contributed by atoms with E-state index in [9.17, 15) is 17.6 Å². The highest BCUT2D eigenvalue weighted by atomic mass is 32.2. The Morgan fingerprint density at radius 2 is 1.91 bits per heavy atom. The van der Waals surface area contributed by atoms with Crippen LogP contribution in [-0.2, 0) is 21.3 Å². The van der Waals surface area contributed by atoms with Crippen LogP contribution in [0.1, 0.15) is 26.5 Å². The van der Waals surface area contributed by atoms with Gasteiger partial charge in [-0.3, -0.25) is 4.98 Å². The predicted molar refractivity (Wildman–Crippen MR) is 114 cm³/mol. The molecular formula is C21H21FN6O4S. The number of nitrogens with zero attached hydrogens (tertiary/aromatic N) is 6. The maximum atomic E-state index is 13.0. The molecule has 2 heterocycles. The summed E-state index contributed by atoms with van der Waals surface area (Å²) in [5, 5.41) is 17.1. The van der Waals surface area contributed by atoms with E-state index in [0.29, 0.717) is 21.3 Å². The summed E-state index contributed by atoms with van der Waals surface area (Å²) in [6.07, 6.45) is 1.61. The van der Waals surface area contributed by atoms with Crippen molar-refractivity contribution >= 4 is 16.1 Å². The molecule has 0 saturated heterocycles. The van der Waals surface area contributed by atoms with E-state index in [1.54, 1.807) is 33.0 Å². The smallest absolute Gasteiger partial charge is 0.425 e. The van der Waals surface area contributed by atoms with Crippen molar-refractivity contribution in [3.05, 3.63) is 60.3 Å². The number of carbonyl (C=O) groups excluding carboxylic acids is 1. The van der Waals surface area contributed by atoms with Gasteiger partial charge in [-0.05, 0) is 45.0 Å². The summed E-state index contributed by atoms with van der Waals surface area (Å²) >= 11 is 0. The monoisotopic (exact) mass is 472 g/mol. The highest BCUT2D eigenvalue weighted by Gasteiger charge is 2.33. The quantitative estimate of drug-likeness (QED) is 0.500. The molecule has 0 aliphatic carbocycles. The van der Waals surface area contributed by atoms with Crippen molar-refractivity contribution in [2.45, 2.75) is 37.8 Å². The Balaban J connectivity index is 1.80. The van der Waals surface area contributed by atoms with Crippen LogP contribution in [-0.4, -0.2) is 50.9 Å². The summed E-state index contributed by atoms with van der Waals surface area (Å²) in [6.45, 7) is 4.37. The Bertz CT molecular complexity index is 1280. The minimum absolute atomic E-state index is 0.185. The van der Waals surface area contributed by atoms with Gasteiger partial charge in [-0.25, -0.2) is 22.3 Å². The van der Waals surface area contributed by atoms with E-state index >= 15 is 0 Å². The van der Waals surface area contributed by atoms with Crippen LogP contribution < -0.4 is 0 Å². The minimum atomic E-state index is -4.32. The molecule has 2 aromatic heterocycles. The molecule has 0 fully saturated rings.